The van der Waals surface area contributed by atoms with Gasteiger partial charge < -0.3 is 4.74 Å². The quantitative estimate of drug-likeness (QED) is 0.493. The molecule has 4 heterocycles. The van der Waals surface area contributed by atoms with E-state index in [1.165, 1.54) is 6.20 Å². The van der Waals surface area contributed by atoms with E-state index >= 15 is 0 Å². The third-order valence-corrected chi connectivity index (χ3v) is 4.58. The molecule has 30 heavy (non-hydrogen) atoms. The Morgan fingerprint density at radius 1 is 1.10 bits per heavy atom. The molecule has 0 atom stereocenters. The second kappa shape index (κ2) is 6.92. The lowest BCUT2D eigenvalue weighted by Crippen LogP contribution is -2.13. The van der Waals surface area contributed by atoms with Gasteiger partial charge in [-0.15, -0.1) is 5.10 Å². The summed E-state index contributed by atoms with van der Waals surface area (Å²) in [6, 6.07) is 9.38. The molecule has 0 unspecified atom stereocenters. The number of hydrogen-bond donors (Lipinski definition) is 1. The molecule has 5 rings (SSSR count). The number of anilines is 1. The Balaban J connectivity index is 1.48. The van der Waals surface area contributed by atoms with Crippen LogP contribution >= 0.6 is 0 Å². The number of amides is 1. The van der Waals surface area contributed by atoms with Gasteiger partial charge in [0, 0.05) is 24.2 Å². The third-order valence-electron chi connectivity index (χ3n) is 4.58. The lowest BCUT2D eigenvalue weighted by molar-refractivity contribution is 0.102. The molecule has 0 aliphatic rings. The maximum absolute atomic E-state index is 12.7. The van der Waals surface area contributed by atoms with E-state index in [0.29, 0.717) is 17.0 Å². The molecular formula is C20H16N8O2. The molecule has 0 bridgehead atoms. The van der Waals surface area contributed by atoms with Gasteiger partial charge in [0.05, 0.1) is 19.0 Å². The van der Waals surface area contributed by atoms with Crippen LogP contribution in [0.4, 0.5) is 5.95 Å². The van der Waals surface area contributed by atoms with Gasteiger partial charge in [-0.05, 0) is 42.8 Å². The van der Waals surface area contributed by atoms with Gasteiger partial charge >= 0.3 is 0 Å². The monoisotopic (exact) mass is 400 g/mol. The lowest BCUT2D eigenvalue weighted by Gasteiger charge is -2.05. The average molecular weight is 400 g/mol. The van der Waals surface area contributed by atoms with Crippen LogP contribution < -0.4 is 10.1 Å². The van der Waals surface area contributed by atoms with E-state index in [0.717, 1.165) is 22.6 Å². The summed E-state index contributed by atoms with van der Waals surface area (Å²) in [5.41, 5.74) is 3.42. The van der Waals surface area contributed by atoms with Crippen molar-refractivity contribution in [1.82, 2.24) is 34.2 Å². The molecule has 1 aromatic carbocycles. The Hall–Kier alpha value is -4.34. The Kier molecular flexibility index (Phi) is 4.09. The normalized spacial score (nSPS) is 11.1. The molecule has 148 valence electrons. The highest BCUT2D eigenvalue weighted by molar-refractivity contribution is 6.07. The van der Waals surface area contributed by atoms with Gasteiger partial charge in [-0.2, -0.15) is 14.6 Å². The average Bonchev–Trinajstić information content (AvgIpc) is 3.36. The number of aryl methyl sites for hydroxylation is 1. The predicted molar refractivity (Wildman–Crippen MR) is 108 cm³/mol. The topological polar surface area (TPSA) is 112 Å². The molecule has 0 aliphatic carbocycles. The molecule has 0 saturated carbocycles. The minimum atomic E-state index is -0.400. The van der Waals surface area contributed by atoms with Crippen molar-refractivity contribution >= 4 is 23.3 Å². The Morgan fingerprint density at radius 2 is 1.93 bits per heavy atom. The zero-order chi connectivity index (χ0) is 20.7. The maximum atomic E-state index is 12.7. The second-order valence-electron chi connectivity index (χ2n) is 6.62. The fraction of sp³-hybridized carbons (Fsp3) is 0.100. The van der Waals surface area contributed by atoms with Gasteiger partial charge in [-0.1, -0.05) is 0 Å². The zero-order valence-electron chi connectivity index (χ0n) is 16.1. The Bertz CT molecular complexity index is 1390. The van der Waals surface area contributed by atoms with Crippen molar-refractivity contribution in [3.05, 3.63) is 66.2 Å². The van der Waals surface area contributed by atoms with Crippen LogP contribution in [0.5, 0.6) is 5.75 Å². The van der Waals surface area contributed by atoms with Crippen molar-refractivity contribution in [3.8, 4) is 17.0 Å². The number of benzene rings is 1. The van der Waals surface area contributed by atoms with Crippen molar-refractivity contribution in [1.29, 1.82) is 0 Å². The molecule has 0 radical (unpaired) electrons. The standard InChI is InChI=1S/C20H16N8O2/c1-12-9-22-17-15(10-23-27(17)11-12)18(29)24-19-25-20-21-8-7-16(28(20)26-19)13-3-5-14(30-2)6-4-13/h3-11H,1-2H3,(H,24,26,29). The SMILES string of the molecule is COc1ccc(-c2ccnc3nc(NC(=O)c4cnn5cc(C)cnc45)nn23)cc1. The van der Waals surface area contributed by atoms with E-state index in [4.69, 9.17) is 4.74 Å². The van der Waals surface area contributed by atoms with E-state index in [-0.39, 0.29) is 5.95 Å². The maximum Gasteiger partial charge on any atom is 0.263 e. The number of methoxy groups -OCH3 is 1. The molecule has 4 aromatic heterocycles. The highest BCUT2D eigenvalue weighted by atomic mass is 16.5. The number of rotatable bonds is 4. The van der Waals surface area contributed by atoms with E-state index in [9.17, 15) is 4.79 Å². The highest BCUT2D eigenvalue weighted by Gasteiger charge is 2.17. The fourth-order valence-electron chi connectivity index (χ4n) is 3.12. The largest absolute Gasteiger partial charge is 0.497 e. The summed E-state index contributed by atoms with van der Waals surface area (Å²) in [6.07, 6.45) is 6.59. The van der Waals surface area contributed by atoms with E-state index in [1.54, 1.807) is 34.7 Å². The summed E-state index contributed by atoms with van der Waals surface area (Å²) in [7, 11) is 1.62. The minimum absolute atomic E-state index is 0.139. The summed E-state index contributed by atoms with van der Waals surface area (Å²) in [6.45, 7) is 1.90. The third kappa shape index (κ3) is 3.00. The van der Waals surface area contributed by atoms with Crippen LogP contribution in [0.15, 0.2) is 55.1 Å². The fourth-order valence-corrected chi connectivity index (χ4v) is 3.12. The molecule has 1 N–H and O–H groups in total. The van der Waals surface area contributed by atoms with E-state index < -0.39 is 5.91 Å². The first kappa shape index (κ1) is 17.7. The van der Waals surface area contributed by atoms with Crippen LogP contribution in [0.3, 0.4) is 0 Å². The van der Waals surface area contributed by atoms with Crippen LogP contribution in [0.2, 0.25) is 0 Å². The number of hydrogen-bond acceptors (Lipinski definition) is 7. The number of ether oxygens (including phenoxy) is 1. The Labute approximate surface area is 170 Å². The minimum Gasteiger partial charge on any atom is -0.497 e. The summed E-state index contributed by atoms with van der Waals surface area (Å²) in [4.78, 5) is 25.6. The Morgan fingerprint density at radius 3 is 2.73 bits per heavy atom. The van der Waals surface area contributed by atoms with Crippen LogP contribution in [-0.4, -0.2) is 47.2 Å². The number of carbonyl (C=O) groups is 1. The van der Waals surface area contributed by atoms with Crippen LogP contribution in [0, 0.1) is 6.92 Å². The highest BCUT2D eigenvalue weighted by Crippen LogP contribution is 2.22. The first-order valence-electron chi connectivity index (χ1n) is 9.10. The number of nitrogens with zero attached hydrogens (tertiary/aromatic N) is 7. The number of nitrogens with one attached hydrogen (secondary N) is 1. The van der Waals surface area contributed by atoms with Crippen molar-refractivity contribution in [2.45, 2.75) is 6.92 Å². The molecule has 10 heteroatoms. The molecule has 0 aliphatic heterocycles. The molecule has 0 fully saturated rings. The summed E-state index contributed by atoms with van der Waals surface area (Å²) < 4.78 is 8.34. The van der Waals surface area contributed by atoms with Gasteiger partial charge in [-0.25, -0.2) is 14.5 Å². The molecule has 0 spiro atoms. The van der Waals surface area contributed by atoms with Crippen LogP contribution in [0.1, 0.15) is 15.9 Å². The van der Waals surface area contributed by atoms with Gasteiger partial charge in [0.25, 0.3) is 17.6 Å². The van der Waals surface area contributed by atoms with Crippen LogP contribution in [0.25, 0.3) is 22.7 Å². The van der Waals surface area contributed by atoms with Gasteiger partial charge in [0.2, 0.25) is 0 Å². The smallest absolute Gasteiger partial charge is 0.263 e. The number of fused-ring (bicyclic) bond motifs is 2. The van der Waals surface area contributed by atoms with Crippen molar-refractivity contribution in [2.24, 2.45) is 0 Å². The van der Waals surface area contributed by atoms with Crippen molar-refractivity contribution in [2.75, 3.05) is 12.4 Å². The summed E-state index contributed by atoms with van der Waals surface area (Å²) in [5.74, 6) is 0.864. The predicted octanol–water partition coefficient (Wildman–Crippen LogP) is 2.40. The van der Waals surface area contributed by atoms with Gasteiger partial charge in [-0.3, -0.25) is 10.1 Å². The molecule has 1 amide bonds. The van der Waals surface area contributed by atoms with Crippen molar-refractivity contribution in [3.63, 3.8) is 0 Å². The lowest BCUT2D eigenvalue weighted by atomic mass is 10.1. The number of carbonyl (C=O) groups excluding carboxylic acids is 1. The van der Waals surface area contributed by atoms with Crippen molar-refractivity contribution < 1.29 is 9.53 Å². The molecule has 10 nitrogen and oxygen atoms in total. The first-order valence-corrected chi connectivity index (χ1v) is 9.10. The molecule has 0 saturated heterocycles. The molecular weight excluding hydrogens is 384 g/mol. The summed E-state index contributed by atoms with van der Waals surface area (Å²) >= 11 is 0. The first-order chi connectivity index (χ1) is 14.6. The second-order valence-corrected chi connectivity index (χ2v) is 6.62. The van der Waals surface area contributed by atoms with Gasteiger partial charge in [0.1, 0.15) is 11.3 Å². The zero-order valence-corrected chi connectivity index (χ0v) is 16.1. The molecule has 5 aromatic rings. The van der Waals surface area contributed by atoms with E-state index in [2.05, 4.69) is 30.5 Å². The van der Waals surface area contributed by atoms with Crippen LogP contribution in [-0.2, 0) is 0 Å². The van der Waals surface area contributed by atoms with E-state index in [1.807, 2.05) is 37.3 Å². The van der Waals surface area contributed by atoms with Gasteiger partial charge in [0.15, 0.2) is 5.65 Å². The number of aromatic nitrogens is 7. The summed E-state index contributed by atoms with van der Waals surface area (Å²) in [5, 5.41) is 11.3.